The number of anilines is 2. The van der Waals surface area contributed by atoms with Gasteiger partial charge in [-0.25, -0.2) is 0 Å². The average molecular weight is 257 g/mol. The van der Waals surface area contributed by atoms with Crippen molar-refractivity contribution in [1.29, 1.82) is 0 Å². The van der Waals surface area contributed by atoms with Crippen LogP contribution in [0.1, 0.15) is 11.1 Å². The first kappa shape index (κ1) is 13.3. The molecule has 0 saturated carbocycles. The van der Waals surface area contributed by atoms with Crippen molar-refractivity contribution in [1.82, 2.24) is 15.0 Å². The zero-order chi connectivity index (χ0) is 14.0. The van der Waals surface area contributed by atoms with Crippen molar-refractivity contribution in [2.75, 3.05) is 31.4 Å². The van der Waals surface area contributed by atoms with Gasteiger partial charge in [-0.15, -0.1) is 0 Å². The van der Waals surface area contributed by atoms with Gasteiger partial charge in [0.05, 0.1) is 0 Å². The Labute approximate surface area is 113 Å². The summed E-state index contributed by atoms with van der Waals surface area (Å²) in [6.07, 6.45) is 0. The van der Waals surface area contributed by atoms with E-state index in [1.54, 1.807) is 7.05 Å². The lowest BCUT2D eigenvalue weighted by Gasteiger charge is -2.13. The van der Waals surface area contributed by atoms with Gasteiger partial charge in [0.15, 0.2) is 5.82 Å². The summed E-state index contributed by atoms with van der Waals surface area (Å²) >= 11 is 0. The Morgan fingerprint density at radius 2 is 1.74 bits per heavy atom. The van der Waals surface area contributed by atoms with Crippen LogP contribution in [-0.2, 0) is 0 Å². The van der Waals surface area contributed by atoms with E-state index in [0.29, 0.717) is 17.7 Å². The van der Waals surface area contributed by atoms with Gasteiger partial charge in [-0.2, -0.15) is 15.0 Å². The fourth-order valence-electron chi connectivity index (χ4n) is 1.69. The number of aryl methyl sites for hydroxylation is 2. The predicted octanol–water partition coefficient (Wildman–Crippen LogP) is 2.26. The van der Waals surface area contributed by atoms with E-state index in [1.165, 1.54) is 11.1 Å². The lowest BCUT2D eigenvalue weighted by Crippen LogP contribution is -2.15. The van der Waals surface area contributed by atoms with E-state index in [1.807, 2.05) is 25.1 Å². The number of nitrogens with one attached hydrogen (secondary N) is 1. The monoisotopic (exact) mass is 257 g/mol. The van der Waals surface area contributed by atoms with E-state index in [0.717, 1.165) is 5.56 Å². The first-order chi connectivity index (χ1) is 9.01. The quantitative estimate of drug-likeness (QED) is 0.914. The number of hydrogen-bond acceptors (Lipinski definition) is 5. The third kappa shape index (κ3) is 2.81. The Kier molecular flexibility index (Phi) is 3.64. The van der Waals surface area contributed by atoms with Crippen molar-refractivity contribution in [2.24, 2.45) is 0 Å². The normalized spacial score (nSPS) is 10.4. The molecular formula is C14H19N5. The van der Waals surface area contributed by atoms with Gasteiger partial charge >= 0.3 is 0 Å². The standard InChI is InChI=1S/C14H19N5/c1-9-6-7-11(8-10(9)2)12-16-13(15-3)18-14(17-12)19(4)5/h6-8H,1-5H3,(H,15,16,17,18). The smallest absolute Gasteiger partial charge is 0.230 e. The first-order valence-electron chi connectivity index (χ1n) is 6.20. The highest BCUT2D eigenvalue weighted by atomic mass is 15.3. The maximum Gasteiger partial charge on any atom is 0.230 e. The molecule has 0 amide bonds. The molecule has 0 spiro atoms. The van der Waals surface area contributed by atoms with Crippen LogP contribution in [0.3, 0.4) is 0 Å². The van der Waals surface area contributed by atoms with Crippen molar-refractivity contribution < 1.29 is 0 Å². The maximum atomic E-state index is 4.49. The number of rotatable bonds is 3. The van der Waals surface area contributed by atoms with Crippen LogP contribution in [0.4, 0.5) is 11.9 Å². The largest absolute Gasteiger partial charge is 0.357 e. The van der Waals surface area contributed by atoms with Crippen molar-refractivity contribution in [3.8, 4) is 11.4 Å². The SMILES string of the molecule is CNc1nc(-c2ccc(C)c(C)c2)nc(N(C)C)n1. The Bertz CT molecular complexity index is 592. The van der Waals surface area contributed by atoms with E-state index < -0.39 is 0 Å². The Balaban J connectivity index is 2.54. The topological polar surface area (TPSA) is 53.9 Å². The van der Waals surface area contributed by atoms with Crippen LogP contribution < -0.4 is 10.2 Å². The molecule has 0 aliphatic heterocycles. The van der Waals surface area contributed by atoms with Crippen LogP contribution in [0, 0.1) is 13.8 Å². The Morgan fingerprint density at radius 3 is 2.32 bits per heavy atom. The summed E-state index contributed by atoms with van der Waals surface area (Å²) < 4.78 is 0. The fourth-order valence-corrected chi connectivity index (χ4v) is 1.69. The number of aromatic nitrogens is 3. The Hall–Kier alpha value is -2.17. The zero-order valence-corrected chi connectivity index (χ0v) is 12.0. The van der Waals surface area contributed by atoms with E-state index in [-0.39, 0.29) is 0 Å². The van der Waals surface area contributed by atoms with E-state index in [2.05, 4.69) is 46.2 Å². The number of hydrogen-bond donors (Lipinski definition) is 1. The molecule has 2 aromatic rings. The molecule has 2 rings (SSSR count). The van der Waals surface area contributed by atoms with Crippen molar-refractivity contribution >= 4 is 11.9 Å². The van der Waals surface area contributed by atoms with Crippen LogP contribution in [0.25, 0.3) is 11.4 Å². The number of nitrogens with zero attached hydrogens (tertiary/aromatic N) is 4. The minimum absolute atomic E-state index is 0.576. The zero-order valence-electron chi connectivity index (χ0n) is 12.0. The molecule has 0 fully saturated rings. The molecule has 19 heavy (non-hydrogen) atoms. The molecule has 5 nitrogen and oxygen atoms in total. The Morgan fingerprint density at radius 1 is 1.00 bits per heavy atom. The van der Waals surface area contributed by atoms with Gasteiger partial charge in [0.1, 0.15) is 0 Å². The van der Waals surface area contributed by atoms with E-state index in [9.17, 15) is 0 Å². The van der Waals surface area contributed by atoms with Crippen LogP contribution >= 0.6 is 0 Å². The summed E-state index contributed by atoms with van der Waals surface area (Å²) in [5.41, 5.74) is 3.50. The third-order valence-electron chi connectivity index (χ3n) is 3.01. The lowest BCUT2D eigenvalue weighted by molar-refractivity contribution is 0.963. The van der Waals surface area contributed by atoms with Gasteiger partial charge in [0, 0.05) is 26.7 Å². The minimum Gasteiger partial charge on any atom is -0.357 e. The molecule has 0 saturated heterocycles. The highest BCUT2D eigenvalue weighted by Gasteiger charge is 2.09. The highest BCUT2D eigenvalue weighted by Crippen LogP contribution is 2.21. The summed E-state index contributed by atoms with van der Waals surface area (Å²) in [5, 5.41) is 2.97. The molecule has 0 aliphatic rings. The van der Waals surface area contributed by atoms with Crippen LogP contribution in [0.5, 0.6) is 0 Å². The molecule has 0 unspecified atom stereocenters. The summed E-state index contributed by atoms with van der Waals surface area (Å²) in [6.45, 7) is 4.18. The molecule has 0 atom stereocenters. The summed E-state index contributed by atoms with van der Waals surface area (Å²) in [5.74, 6) is 1.91. The van der Waals surface area contributed by atoms with E-state index >= 15 is 0 Å². The molecule has 1 N–H and O–H groups in total. The maximum absolute atomic E-state index is 4.49. The minimum atomic E-state index is 0.576. The van der Waals surface area contributed by atoms with Crippen molar-refractivity contribution in [2.45, 2.75) is 13.8 Å². The molecule has 0 aliphatic carbocycles. The predicted molar refractivity (Wildman–Crippen MR) is 78.6 cm³/mol. The number of benzene rings is 1. The first-order valence-corrected chi connectivity index (χ1v) is 6.20. The summed E-state index contributed by atoms with van der Waals surface area (Å²) in [7, 11) is 5.64. The van der Waals surface area contributed by atoms with Gasteiger partial charge in [-0.3, -0.25) is 0 Å². The summed E-state index contributed by atoms with van der Waals surface area (Å²) in [4.78, 5) is 15.1. The van der Waals surface area contributed by atoms with Crippen molar-refractivity contribution in [3.63, 3.8) is 0 Å². The van der Waals surface area contributed by atoms with Gasteiger partial charge in [0.25, 0.3) is 0 Å². The van der Waals surface area contributed by atoms with Crippen LogP contribution in [0.2, 0.25) is 0 Å². The molecule has 1 aromatic heterocycles. The van der Waals surface area contributed by atoms with Crippen molar-refractivity contribution in [3.05, 3.63) is 29.3 Å². The molecule has 100 valence electrons. The average Bonchev–Trinajstić information content (AvgIpc) is 2.41. The van der Waals surface area contributed by atoms with Gasteiger partial charge in [-0.1, -0.05) is 12.1 Å². The molecule has 0 radical (unpaired) electrons. The highest BCUT2D eigenvalue weighted by molar-refractivity contribution is 5.60. The van der Waals surface area contributed by atoms with Gasteiger partial charge < -0.3 is 10.2 Å². The van der Waals surface area contributed by atoms with Crippen LogP contribution in [0.15, 0.2) is 18.2 Å². The molecular weight excluding hydrogens is 238 g/mol. The van der Waals surface area contributed by atoms with Gasteiger partial charge in [0.2, 0.25) is 11.9 Å². The lowest BCUT2D eigenvalue weighted by atomic mass is 10.1. The molecule has 1 heterocycles. The second-order valence-corrected chi connectivity index (χ2v) is 4.73. The molecule has 5 heteroatoms. The van der Waals surface area contributed by atoms with Crippen LogP contribution in [-0.4, -0.2) is 36.1 Å². The van der Waals surface area contributed by atoms with E-state index in [4.69, 9.17) is 0 Å². The van der Waals surface area contributed by atoms with Gasteiger partial charge in [-0.05, 0) is 31.0 Å². The summed E-state index contributed by atoms with van der Waals surface area (Å²) in [6, 6.07) is 6.23. The fraction of sp³-hybridized carbons (Fsp3) is 0.357. The third-order valence-corrected chi connectivity index (χ3v) is 3.01. The second-order valence-electron chi connectivity index (χ2n) is 4.73. The second kappa shape index (κ2) is 5.22. The molecule has 0 bridgehead atoms. The molecule has 1 aromatic carbocycles.